The van der Waals surface area contributed by atoms with Gasteiger partial charge in [0.15, 0.2) is 11.6 Å². The molecule has 0 saturated carbocycles. The quantitative estimate of drug-likeness (QED) is 0.456. The molecular weight excluding hydrogens is 386 g/mol. The van der Waals surface area contributed by atoms with E-state index in [4.69, 9.17) is 4.98 Å². The predicted molar refractivity (Wildman–Crippen MR) is 102 cm³/mol. The average molecular weight is 400 g/mol. The zero-order valence-corrected chi connectivity index (χ0v) is 15.6. The number of benzene rings is 2. The Labute approximate surface area is 166 Å². The van der Waals surface area contributed by atoms with E-state index in [1.807, 2.05) is 66.7 Å². The number of pyridine rings is 1. The van der Waals surface area contributed by atoms with Crippen LogP contribution < -0.4 is 0 Å². The summed E-state index contributed by atoms with van der Waals surface area (Å²) < 4.78 is 0. The van der Waals surface area contributed by atoms with Gasteiger partial charge in [0.1, 0.15) is 11.4 Å². The van der Waals surface area contributed by atoms with Crippen molar-refractivity contribution >= 4 is 34.5 Å². The molecule has 3 heterocycles. The van der Waals surface area contributed by atoms with Gasteiger partial charge in [-0.25, -0.2) is 15.0 Å². The first-order chi connectivity index (χ1) is 11.9. The van der Waals surface area contributed by atoms with Crippen molar-refractivity contribution in [1.29, 1.82) is 0 Å². The summed E-state index contributed by atoms with van der Waals surface area (Å²) in [4.78, 5) is 20.6. The Kier molecular flexibility index (Phi) is 5.10. The van der Waals surface area contributed by atoms with E-state index in [2.05, 4.69) is 19.9 Å². The molecule has 26 heavy (non-hydrogen) atoms. The summed E-state index contributed by atoms with van der Waals surface area (Å²) in [5.41, 5.74) is 5.46. The fourth-order valence-electron chi connectivity index (χ4n) is 2.85. The van der Waals surface area contributed by atoms with E-state index in [9.17, 15) is 0 Å². The molecule has 0 spiro atoms. The number of hydrogen-bond acceptors (Lipinski definition) is 3. The van der Waals surface area contributed by atoms with Crippen LogP contribution in [0.25, 0.3) is 45.1 Å². The Hall–Kier alpha value is -2.65. The smallest absolute Gasteiger partial charge is 0.157 e. The molecule has 5 rings (SSSR count). The largest absolute Gasteiger partial charge is 0.337 e. The van der Waals surface area contributed by atoms with Gasteiger partial charge in [0.2, 0.25) is 0 Å². The number of nitrogens with zero attached hydrogens (tertiary/aromatic N) is 3. The monoisotopic (exact) mass is 399 g/mol. The Bertz CT molecular complexity index is 1030. The third kappa shape index (κ3) is 3.11. The molecule has 0 aliphatic heterocycles. The van der Waals surface area contributed by atoms with E-state index in [1.54, 1.807) is 0 Å². The number of aromatic nitrogens is 5. The van der Waals surface area contributed by atoms with Crippen molar-refractivity contribution in [3.05, 3.63) is 66.7 Å². The Morgan fingerprint density at radius 3 is 1.46 bits per heavy atom. The van der Waals surface area contributed by atoms with E-state index in [0.29, 0.717) is 0 Å². The summed E-state index contributed by atoms with van der Waals surface area (Å²) in [7, 11) is 0. The second kappa shape index (κ2) is 7.30. The summed E-state index contributed by atoms with van der Waals surface area (Å²) >= 11 is 0. The van der Waals surface area contributed by atoms with Gasteiger partial charge in [-0.05, 0) is 36.4 Å². The Balaban J connectivity index is 0.000000980. The maximum atomic E-state index is 4.72. The minimum atomic E-state index is 0. The van der Waals surface area contributed by atoms with Crippen LogP contribution in [-0.4, -0.2) is 24.9 Å². The normalized spacial score (nSPS) is 10.5. The summed E-state index contributed by atoms with van der Waals surface area (Å²) in [6, 6.07) is 21.8. The van der Waals surface area contributed by atoms with Gasteiger partial charge in [-0.2, -0.15) is 0 Å². The molecule has 0 radical (unpaired) electrons. The van der Waals surface area contributed by atoms with Crippen molar-refractivity contribution in [3.8, 4) is 23.0 Å². The second-order valence-electron chi connectivity index (χ2n) is 5.61. The van der Waals surface area contributed by atoms with Crippen molar-refractivity contribution in [2.75, 3.05) is 0 Å². The molecule has 3 aromatic heterocycles. The molecule has 0 unspecified atom stereocenters. The average Bonchev–Trinajstić information content (AvgIpc) is 3.26. The number of imidazole rings is 2. The summed E-state index contributed by atoms with van der Waals surface area (Å²) in [5.74, 6) is 1.52. The molecule has 5 aromatic rings. The first-order valence-electron chi connectivity index (χ1n) is 7.74. The van der Waals surface area contributed by atoms with Gasteiger partial charge in [-0.1, -0.05) is 30.3 Å². The maximum Gasteiger partial charge on any atom is 0.157 e. The number of halogens is 1. The van der Waals surface area contributed by atoms with Crippen LogP contribution in [0.1, 0.15) is 0 Å². The zero-order valence-electron chi connectivity index (χ0n) is 13.5. The van der Waals surface area contributed by atoms with Crippen molar-refractivity contribution in [2.24, 2.45) is 0 Å². The molecule has 0 atom stereocenters. The van der Waals surface area contributed by atoms with Crippen LogP contribution >= 0.6 is 12.4 Å². The summed E-state index contributed by atoms with van der Waals surface area (Å²) in [6.07, 6.45) is 0. The van der Waals surface area contributed by atoms with E-state index >= 15 is 0 Å². The summed E-state index contributed by atoms with van der Waals surface area (Å²) in [6.45, 7) is 0. The van der Waals surface area contributed by atoms with Crippen LogP contribution in [0.5, 0.6) is 0 Å². The molecule has 7 heteroatoms. The first kappa shape index (κ1) is 18.2. The zero-order chi connectivity index (χ0) is 15.9. The van der Waals surface area contributed by atoms with Gasteiger partial charge in [0.05, 0.1) is 22.1 Å². The molecular formula is C19H14ClCrN5. The number of fused-ring (bicyclic) bond motifs is 2. The van der Waals surface area contributed by atoms with Gasteiger partial charge >= 0.3 is 0 Å². The van der Waals surface area contributed by atoms with E-state index in [0.717, 1.165) is 45.1 Å². The van der Waals surface area contributed by atoms with Gasteiger partial charge in [-0.15, -0.1) is 12.4 Å². The summed E-state index contributed by atoms with van der Waals surface area (Å²) in [5, 5.41) is 0. The minimum Gasteiger partial charge on any atom is -0.337 e. The topological polar surface area (TPSA) is 70.2 Å². The molecule has 0 fully saturated rings. The van der Waals surface area contributed by atoms with Crippen LogP contribution in [0.15, 0.2) is 66.7 Å². The van der Waals surface area contributed by atoms with Crippen LogP contribution in [0.4, 0.5) is 0 Å². The predicted octanol–water partition coefficient (Wildman–Crippen LogP) is 4.59. The molecule has 0 amide bonds. The van der Waals surface area contributed by atoms with Gasteiger partial charge in [0.25, 0.3) is 0 Å². The molecule has 0 aliphatic carbocycles. The standard InChI is InChI=1S/C19H13N5.ClH.Cr/c1-2-7-13-12(6-1)21-18(22-13)16-10-5-11-17(20-16)19-23-14-8-3-4-9-15(14)24-19;;/h1-11H,(H,21,22)(H,23,24);1H;. The van der Waals surface area contributed by atoms with E-state index < -0.39 is 0 Å². The molecule has 0 saturated heterocycles. The molecule has 0 aliphatic rings. The van der Waals surface area contributed by atoms with E-state index in [1.165, 1.54) is 0 Å². The van der Waals surface area contributed by atoms with Crippen LogP contribution in [0, 0.1) is 0 Å². The Morgan fingerprint density at radius 2 is 1.00 bits per heavy atom. The van der Waals surface area contributed by atoms with Gasteiger partial charge < -0.3 is 9.97 Å². The van der Waals surface area contributed by atoms with Crippen LogP contribution in [-0.2, 0) is 17.4 Å². The molecule has 5 nitrogen and oxygen atoms in total. The fourth-order valence-corrected chi connectivity index (χ4v) is 2.85. The number of nitrogens with one attached hydrogen (secondary N) is 2. The number of H-pyrrole nitrogens is 2. The van der Waals surface area contributed by atoms with Crippen molar-refractivity contribution in [1.82, 2.24) is 24.9 Å². The molecule has 0 bridgehead atoms. The third-order valence-corrected chi connectivity index (χ3v) is 4.01. The molecule has 2 N–H and O–H groups in total. The number of aromatic amines is 2. The van der Waals surface area contributed by atoms with Gasteiger partial charge in [-0.3, -0.25) is 0 Å². The first-order valence-corrected chi connectivity index (χ1v) is 7.74. The molecule has 128 valence electrons. The second-order valence-corrected chi connectivity index (χ2v) is 5.61. The maximum absolute atomic E-state index is 4.72. The number of para-hydroxylation sites is 4. The fraction of sp³-hybridized carbons (Fsp3) is 0. The number of hydrogen-bond donors (Lipinski definition) is 2. The third-order valence-electron chi connectivity index (χ3n) is 4.01. The van der Waals surface area contributed by atoms with Crippen LogP contribution in [0.2, 0.25) is 0 Å². The SMILES string of the molecule is Cl.[Cr].c1cc(-c2nc3ccccc3[nH]2)nc(-c2nc3ccccc3[nH]2)c1. The van der Waals surface area contributed by atoms with Crippen LogP contribution in [0.3, 0.4) is 0 Å². The van der Waals surface area contributed by atoms with Gasteiger partial charge in [0, 0.05) is 17.4 Å². The van der Waals surface area contributed by atoms with Crippen molar-refractivity contribution in [2.45, 2.75) is 0 Å². The van der Waals surface area contributed by atoms with Crippen molar-refractivity contribution in [3.63, 3.8) is 0 Å². The molecule has 2 aromatic carbocycles. The van der Waals surface area contributed by atoms with E-state index in [-0.39, 0.29) is 29.8 Å². The minimum absolute atomic E-state index is 0. The Morgan fingerprint density at radius 1 is 0.538 bits per heavy atom. The van der Waals surface area contributed by atoms with Crippen molar-refractivity contribution < 1.29 is 17.4 Å². The number of rotatable bonds is 2.